The van der Waals surface area contributed by atoms with E-state index >= 15 is 0 Å². The molecule has 28 heavy (non-hydrogen) atoms. The van der Waals surface area contributed by atoms with Crippen molar-refractivity contribution in [3.05, 3.63) is 88.0 Å². The molecule has 0 fully saturated rings. The number of unbranched alkanes of at least 4 members (excludes halogenated alkanes) is 3. The third kappa shape index (κ3) is 4.67. The molecule has 2 heteroatoms. The molecule has 0 spiro atoms. The molecule has 146 valence electrons. The quantitative estimate of drug-likeness (QED) is 0.318. The molecule has 0 N–H and O–H groups in total. The summed E-state index contributed by atoms with van der Waals surface area (Å²) in [7, 11) is 0. The van der Waals surface area contributed by atoms with Gasteiger partial charge in [-0.3, -0.25) is 0 Å². The summed E-state index contributed by atoms with van der Waals surface area (Å²) in [6.45, 7) is 6.54. The topological polar surface area (TPSA) is 25.3 Å². The number of aryl methyl sites for hydroxylation is 2. The van der Waals surface area contributed by atoms with E-state index < -0.39 is 0 Å². The van der Waals surface area contributed by atoms with E-state index in [0.29, 0.717) is 0 Å². The molecule has 1 heterocycles. The fourth-order valence-corrected chi connectivity index (χ4v) is 3.80. The lowest BCUT2D eigenvalue weighted by atomic mass is 9.99. The van der Waals surface area contributed by atoms with Crippen LogP contribution in [0.1, 0.15) is 74.6 Å². The van der Waals surface area contributed by atoms with Gasteiger partial charge >= 0.3 is 0 Å². The van der Waals surface area contributed by atoms with Gasteiger partial charge in [0.15, 0.2) is 0 Å². The zero-order valence-corrected chi connectivity index (χ0v) is 17.5. The molecule has 0 bridgehead atoms. The maximum Gasteiger partial charge on any atom is 0.210 e. The van der Waals surface area contributed by atoms with Crippen molar-refractivity contribution in [2.45, 2.75) is 65.7 Å². The predicted octanol–water partition coefficient (Wildman–Crippen LogP) is 7.72. The maximum atomic E-state index is 11.1. The Morgan fingerprint density at radius 3 is 2.29 bits per heavy atom. The standard InChI is InChI=1S/C26H32N2/c1-4-6-8-12-24-19-25(22-16-14-20(3)15-17-22)28(27)26(24)23-13-9-11-21(18-23)10-7-5-2/h9,11,13-19H,4-8,10,12H2,1-3H3. The number of hydrogen-bond donors (Lipinski definition) is 0. The number of nitrogens with zero attached hydrogens (tertiary/aromatic N) is 2. The van der Waals surface area contributed by atoms with Crippen LogP contribution in [-0.2, 0) is 6.42 Å². The number of rotatable bonds is 9. The zero-order chi connectivity index (χ0) is 19.9. The summed E-state index contributed by atoms with van der Waals surface area (Å²) in [4.78, 5) is 0. The van der Waals surface area contributed by atoms with Crippen molar-refractivity contribution >= 4 is 11.4 Å². The maximum absolute atomic E-state index is 11.1. The fraction of sp³-hybridized carbons (Fsp3) is 0.385. The molecule has 2 aromatic rings. The van der Waals surface area contributed by atoms with Gasteiger partial charge in [0.25, 0.3) is 0 Å². The van der Waals surface area contributed by atoms with Gasteiger partial charge < -0.3 is 5.53 Å². The highest BCUT2D eigenvalue weighted by molar-refractivity contribution is 5.78. The van der Waals surface area contributed by atoms with Crippen LogP contribution in [0.25, 0.3) is 16.9 Å². The molecule has 0 unspecified atom stereocenters. The van der Waals surface area contributed by atoms with E-state index in [4.69, 9.17) is 0 Å². The highest BCUT2D eigenvalue weighted by atomic mass is 15.2. The summed E-state index contributed by atoms with van der Waals surface area (Å²) in [5.74, 6) is 0. The number of hydrogen-bond acceptors (Lipinski definition) is 0. The van der Waals surface area contributed by atoms with E-state index in [-0.39, 0.29) is 0 Å². The Kier molecular flexibility index (Phi) is 6.97. The van der Waals surface area contributed by atoms with E-state index in [1.54, 1.807) is 0 Å². The molecule has 3 rings (SSSR count). The Morgan fingerprint density at radius 2 is 1.57 bits per heavy atom. The van der Waals surface area contributed by atoms with E-state index in [0.717, 1.165) is 41.8 Å². The van der Waals surface area contributed by atoms with Crippen LogP contribution in [0.15, 0.2) is 60.2 Å². The molecule has 0 amide bonds. The third-order valence-electron chi connectivity index (χ3n) is 5.47. The largest absolute Gasteiger partial charge is 0.493 e. The first kappa shape index (κ1) is 20.3. The average molecular weight is 373 g/mol. The van der Waals surface area contributed by atoms with Crippen LogP contribution in [0.4, 0.5) is 0 Å². The van der Waals surface area contributed by atoms with Crippen molar-refractivity contribution < 1.29 is 4.70 Å². The third-order valence-corrected chi connectivity index (χ3v) is 5.47. The molecule has 0 aromatic heterocycles. The second kappa shape index (κ2) is 9.64. The van der Waals surface area contributed by atoms with Gasteiger partial charge in [0.2, 0.25) is 11.4 Å². The number of benzene rings is 2. The Bertz CT molecular complexity index is 885. The molecule has 0 aliphatic carbocycles. The fourth-order valence-electron chi connectivity index (χ4n) is 3.80. The van der Waals surface area contributed by atoms with Gasteiger partial charge in [0, 0.05) is 22.8 Å². The summed E-state index contributed by atoms with van der Waals surface area (Å²) in [6.07, 6.45) is 10.2. The number of allylic oxidation sites excluding steroid dienone is 2. The molecule has 0 saturated heterocycles. The summed E-state index contributed by atoms with van der Waals surface area (Å²) in [5, 5.41) is 0. The molecular formula is C26H32N2. The minimum Gasteiger partial charge on any atom is -0.493 e. The molecular weight excluding hydrogens is 340 g/mol. The summed E-state index contributed by atoms with van der Waals surface area (Å²) < 4.78 is 1.41. The van der Waals surface area contributed by atoms with Crippen LogP contribution >= 0.6 is 0 Å². The van der Waals surface area contributed by atoms with E-state index in [1.807, 2.05) is 0 Å². The molecule has 2 nitrogen and oxygen atoms in total. The first-order valence-corrected chi connectivity index (χ1v) is 10.7. The second-order valence-electron chi connectivity index (χ2n) is 7.84. The summed E-state index contributed by atoms with van der Waals surface area (Å²) in [5.41, 5.74) is 18.9. The first-order chi connectivity index (χ1) is 13.6. The molecule has 0 atom stereocenters. The van der Waals surface area contributed by atoms with Crippen molar-refractivity contribution in [2.75, 3.05) is 0 Å². The lowest BCUT2D eigenvalue weighted by Gasteiger charge is -2.11. The van der Waals surface area contributed by atoms with E-state index in [9.17, 15) is 5.53 Å². The van der Waals surface area contributed by atoms with Gasteiger partial charge in [-0.2, -0.15) is 0 Å². The second-order valence-corrected chi connectivity index (χ2v) is 7.84. The van der Waals surface area contributed by atoms with Crippen LogP contribution in [0.5, 0.6) is 0 Å². The van der Waals surface area contributed by atoms with Gasteiger partial charge in [-0.25, -0.2) is 4.70 Å². The Labute approximate surface area is 170 Å². The van der Waals surface area contributed by atoms with Crippen LogP contribution < -0.4 is 0 Å². The van der Waals surface area contributed by atoms with Crippen molar-refractivity contribution in [1.29, 1.82) is 0 Å². The first-order valence-electron chi connectivity index (χ1n) is 10.7. The van der Waals surface area contributed by atoms with Crippen LogP contribution in [0, 0.1) is 6.92 Å². The summed E-state index contributed by atoms with van der Waals surface area (Å²) >= 11 is 0. The van der Waals surface area contributed by atoms with Crippen molar-refractivity contribution in [3.63, 3.8) is 0 Å². The van der Waals surface area contributed by atoms with E-state index in [2.05, 4.69) is 75.4 Å². The molecule has 0 radical (unpaired) electrons. The van der Waals surface area contributed by atoms with Gasteiger partial charge in [-0.15, -0.1) is 0 Å². The smallest absolute Gasteiger partial charge is 0.210 e. The minimum atomic E-state index is 0.875. The van der Waals surface area contributed by atoms with Crippen LogP contribution in [0.3, 0.4) is 0 Å². The van der Waals surface area contributed by atoms with Crippen LogP contribution in [0.2, 0.25) is 0 Å². The molecule has 1 aliphatic heterocycles. The SMILES string of the molecule is CCCCCC1=C(c2cccc(CCCC)c2)[N+](=[N-])C(c2ccc(C)cc2)=C1. The predicted molar refractivity (Wildman–Crippen MR) is 119 cm³/mol. The Morgan fingerprint density at radius 1 is 0.821 bits per heavy atom. The average Bonchev–Trinajstić information content (AvgIpc) is 3.03. The van der Waals surface area contributed by atoms with Crippen molar-refractivity contribution in [3.8, 4) is 0 Å². The highest BCUT2D eigenvalue weighted by Gasteiger charge is 2.28. The van der Waals surface area contributed by atoms with Crippen molar-refractivity contribution in [2.24, 2.45) is 0 Å². The molecule has 1 aliphatic rings. The monoisotopic (exact) mass is 372 g/mol. The lowest BCUT2D eigenvalue weighted by molar-refractivity contribution is -0.344. The van der Waals surface area contributed by atoms with Gasteiger partial charge in [-0.1, -0.05) is 62.9 Å². The molecule has 0 saturated carbocycles. The van der Waals surface area contributed by atoms with Crippen LogP contribution in [-0.4, -0.2) is 4.70 Å². The molecule has 2 aromatic carbocycles. The van der Waals surface area contributed by atoms with Gasteiger partial charge in [0.1, 0.15) is 0 Å². The normalized spacial score (nSPS) is 14.0. The van der Waals surface area contributed by atoms with Gasteiger partial charge in [0.05, 0.1) is 0 Å². The zero-order valence-electron chi connectivity index (χ0n) is 17.5. The summed E-state index contributed by atoms with van der Waals surface area (Å²) in [6, 6.07) is 17.1. The Hall–Kier alpha value is -2.48. The Balaban J connectivity index is 1.95. The van der Waals surface area contributed by atoms with Crippen molar-refractivity contribution in [1.82, 2.24) is 0 Å². The van der Waals surface area contributed by atoms with Gasteiger partial charge in [-0.05, 0) is 62.4 Å². The van der Waals surface area contributed by atoms with E-state index in [1.165, 1.54) is 47.1 Å². The minimum absolute atomic E-state index is 0.875. The lowest BCUT2D eigenvalue weighted by Crippen LogP contribution is -2.03. The highest BCUT2D eigenvalue weighted by Crippen LogP contribution is 2.37.